The van der Waals surface area contributed by atoms with Crippen LogP contribution in [0, 0.1) is 13.8 Å². The number of carbonyl (C=O) groups excluding carboxylic acids is 2. The number of benzene rings is 1. The molecule has 3 amide bonds. The number of unbranched alkanes of at least 4 members (excludes halogenated alkanes) is 9. The van der Waals surface area contributed by atoms with E-state index in [0.717, 1.165) is 36.3 Å². The minimum atomic E-state index is -0.487. The second kappa shape index (κ2) is 10.6. The van der Waals surface area contributed by atoms with Crippen molar-refractivity contribution in [2.45, 2.75) is 91.1 Å². The van der Waals surface area contributed by atoms with E-state index in [2.05, 4.69) is 47.4 Å². The van der Waals surface area contributed by atoms with Gasteiger partial charge >= 0.3 is 6.03 Å². The van der Waals surface area contributed by atoms with Crippen molar-refractivity contribution in [3.63, 3.8) is 0 Å². The van der Waals surface area contributed by atoms with E-state index in [0.29, 0.717) is 5.71 Å². The standard InChI is InChI=1S/C24H36N4O2/c1-4-5-6-7-8-9-10-11-12-13-14-28-20-16-18(3)17(2)15-19(20)25-21-22(28)26-24(30)27-23(21)29/h15-16,22H,4-14H2,1-3H3,(H2,26,27,29,30). The van der Waals surface area contributed by atoms with Gasteiger partial charge in [-0.3, -0.25) is 10.1 Å². The molecule has 1 unspecified atom stereocenters. The molecule has 2 aliphatic rings. The fourth-order valence-corrected chi connectivity index (χ4v) is 4.25. The van der Waals surface area contributed by atoms with E-state index in [9.17, 15) is 9.59 Å². The first-order valence-electron chi connectivity index (χ1n) is 11.6. The number of imide groups is 1. The molecule has 1 atom stereocenters. The molecule has 3 rings (SSSR count). The molecule has 1 saturated heterocycles. The summed E-state index contributed by atoms with van der Waals surface area (Å²) < 4.78 is 0. The molecule has 1 aromatic carbocycles. The van der Waals surface area contributed by atoms with Gasteiger partial charge in [0.25, 0.3) is 5.91 Å². The van der Waals surface area contributed by atoms with E-state index in [1.165, 1.54) is 56.9 Å². The van der Waals surface area contributed by atoms with E-state index in [4.69, 9.17) is 0 Å². The molecule has 0 aliphatic carbocycles. The van der Waals surface area contributed by atoms with E-state index >= 15 is 0 Å². The lowest BCUT2D eigenvalue weighted by Gasteiger charge is -2.40. The number of carbonyl (C=O) groups is 2. The number of fused-ring (bicyclic) bond motifs is 2. The van der Waals surface area contributed by atoms with E-state index in [1.807, 2.05) is 6.07 Å². The highest BCUT2D eigenvalue weighted by molar-refractivity contribution is 6.46. The fourth-order valence-electron chi connectivity index (χ4n) is 4.25. The van der Waals surface area contributed by atoms with Crippen LogP contribution in [0.5, 0.6) is 0 Å². The summed E-state index contributed by atoms with van der Waals surface area (Å²) >= 11 is 0. The summed E-state index contributed by atoms with van der Waals surface area (Å²) in [5.74, 6) is -0.402. The van der Waals surface area contributed by atoms with Gasteiger partial charge in [0.05, 0.1) is 11.4 Å². The summed E-state index contributed by atoms with van der Waals surface area (Å²) in [6.07, 6.45) is 12.3. The van der Waals surface area contributed by atoms with Gasteiger partial charge < -0.3 is 10.2 Å². The Morgan fingerprint density at radius 2 is 1.50 bits per heavy atom. The number of urea groups is 1. The fraction of sp³-hybridized carbons (Fsp3) is 0.625. The molecule has 6 nitrogen and oxygen atoms in total. The molecule has 1 fully saturated rings. The van der Waals surface area contributed by atoms with Crippen molar-refractivity contribution in [2.75, 3.05) is 11.4 Å². The van der Waals surface area contributed by atoms with Gasteiger partial charge in [0.15, 0.2) is 6.17 Å². The van der Waals surface area contributed by atoms with Gasteiger partial charge in [-0.1, -0.05) is 64.7 Å². The predicted molar refractivity (Wildman–Crippen MR) is 123 cm³/mol. The van der Waals surface area contributed by atoms with Crippen LogP contribution in [0.2, 0.25) is 0 Å². The first-order valence-corrected chi connectivity index (χ1v) is 11.6. The third kappa shape index (κ3) is 5.41. The van der Waals surface area contributed by atoms with Crippen LogP contribution in [-0.2, 0) is 4.79 Å². The van der Waals surface area contributed by atoms with Crippen LogP contribution in [0.25, 0.3) is 0 Å². The largest absolute Gasteiger partial charge is 0.344 e. The predicted octanol–water partition coefficient (Wildman–Crippen LogP) is 5.28. The number of rotatable bonds is 11. The summed E-state index contributed by atoms with van der Waals surface area (Å²) in [5, 5.41) is 5.20. The zero-order chi connectivity index (χ0) is 21.5. The Bertz CT molecular complexity index is 803. The molecule has 0 aromatic heterocycles. The van der Waals surface area contributed by atoms with Crippen molar-refractivity contribution in [3.05, 3.63) is 23.3 Å². The highest BCUT2D eigenvalue weighted by atomic mass is 16.2. The first-order chi connectivity index (χ1) is 14.5. The smallest absolute Gasteiger partial charge is 0.323 e. The van der Waals surface area contributed by atoms with Gasteiger partial charge in [-0.05, 0) is 43.5 Å². The van der Waals surface area contributed by atoms with E-state index < -0.39 is 18.1 Å². The van der Waals surface area contributed by atoms with Crippen molar-refractivity contribution < 1.29 is 9.59 Å². The van der Waals surface area contributed by atoms with Crippen LogP contribution in [0.3, 0.4) is 0 Å². The first kappa shape index (κ1) is 22.3. The Morgan fingerprint density at radius 1 is 0.900 bits per heavy atom. The monoisotopic (exact) mass is 412 g/mol. The molecule has 0 bridgehead atoms. The molecule has 2 heterocycles. The Labute approximate surface area is 180 Å². The minimum Gasteiger partial charge on any atom is -0.344 e. The Balaban J connectivity index is 1.58. The van der Waals surface area contributed by atoms with Crippen molar-refractivity contribution in [3.8, 4) is 0 Å². The van der Waals surface area contributed by atoms with Gasteiger partial charge in [-0.2, -0.15) is 0 Å². The second-order valence-corrected chi connectivity index (χ2v) is 8.63. The average Bonchev–Trinajstić information content (AvgIpc) is 2.70. The Kier molecular flexibility index (Phi) is 7.88. The molecule has 1 aromatic rings. The summed E-state index contributed by atoms with van der Waals surface area (Å²) in [7, 11) is 0. The molecular weight excluding hydrogens is 376 g/mol. The average molecular weight is 413 g/mol. The van der Waals surface area contributed by atoms with E-state index in [1.54, 1.807) is 0 Å². The van der Waals surface area contributed by atoms with Crippen LogP contribution >= 0.6 is 0 Å². The maximum Gasteiger partial charge on any atom is 0.323 e. The molecule has 2 aliphatic heterocycles. The second-order valence-electron chi connectivity index (χ2n) is 8.63. The lowest BCUT2D eigenvalue weighted by Crippen LogP contribution is -2.66. The third-order valence-electron chi connectivity index (χ3n) is 6.19. The van der Waals surface area contributed by atoms with Crippen molar-refractivity contribution in [1.82, 2.24) is 10.6 Å². The maximum atomic E-state index is 12.4. The quantitative estimate of drug-likeness (QED) is 0.486. The Morgan fingerprint density at radius 3 is 2.17 bits per heavy atom. The summed E-state index contributed by atoms with van der Waals surface area (Å²) in [5.41, 5.74) is 4.51. The number of aliphatic imine (C=N–C) groups is 1. The third-order valence-corrected chi connectivity index (χ3v) is 6.19. The molecule has 164 valence electrons. The molecule has 0 radical (unpaired) electrons. The van der Waals surface area contributed by atoms with Crippen LogP contribution in [0.15, 0.2) is 17.1 Å². The number of hydrogen-bond acceptors (Lipinski definition) is 4. The normalized spacial score (nSPS) is 17.8. The number of nitrogens with one attached hydrogen (secondary N) is 2. The number of anilines is 1. The zero-order valence-corrected chi connectivity index (χ0v) is 18.7. The number of amides is 3. The molecule has 0 saturated carbocycles. The van der Waals surface area contributed by atoms with Gasteiger partial charge in [0, 0.05) is 6.54 Å². The maximum absolute atomic E-state index is 12.4. The van der Waals surface area contributed by atoms with Crippen molar-refractivity contribution in [1.29, 1.82) is 0 Å². The minimum absolute atomic E-state index is 0.373. The Hall–Kier alpha value is -2.37. The van der Waals surface area contributed by atoms with E-state index in [-0.39, 0.29) is 0 Å². The van der Waals surface area contributed by atoms with Crippen molar-refractivity contribution >= 4 is 29.0 Å². The highest BCUT2D eigenvalue weighted by Crippen LogP contribution is 2.37. The number of hydrogen-bond donors (Lipinski definition) is 2. The lowest BCUT2D eigenvalue weighted by molar-refractivity contribution is -0.114. The number of nitrogens with zero attached hydrogens (tertiary/aromatic N) is 2. The van der Waals surface area contributed by atoms with Crippen LogP contribution in [0.1, 0.15) is 82.3 Å². The van der Waals surface area contributed by atoms with Crippen LogP contribution in [0.4, 0.5) is 16.2 Å². The number of aryl methyl sites for hydroxylation is 2. The molecule has 30 heavy (non-hydrogen) atoms. The summed E-state index contributed by atoms with van der Waals surface area (Å²) in [4.78, 5) is 31.0. The molecule has 2 N–H and O–H groups in total. The van der Waals surface area contributed by atoms with Crippen LogP contribution < -0.4 is 15.5 Å². The van der Waals surface area contributed by atoms with Gasteiger partial charge in [0.2, 0.25) is 0 Å². The molecule has 0 spiro atoms. The van der Waals surface area contributed by atoms with Gasteiger partial charge in [-0.15, -0.1) is 0 Å². The summed E-state index contributed by atoms with van der Waals surface area (Å²) in [6.45, 7) is 7.18. The topological polar surface area (TPSA) is 73.8 Å². The van der Waals surface area contributed by atoms with Crippen LogP contribution in [-0.4, -0.2) is 30.4 Å². The van der Waals surface area contributed by atoms with Gasteiger partial charge in [0.1, 0.15) is 5.71 Å². The molecular formula is C24H36N4O2. The highest BCUT2D eigenvalue weighted by Gasteiger charge is 2.39. The lowest BCUT2D eigenvalue weighted by atomic mass is 10.0. The summed E-state index contributed by atoms with van der Waals surface area (Å²) in [6, 6.07) is 3.70. The molecule has 6 heteroatoms. The SMILES string of the molecule is CCCCCCCCCCCCN1c2cc(C)c(C)cc2N=C2C(=O)NC(=O)NC21. The zero-order valence-electron chi connectivity index (χ0n) is 18.7. The van der Waals surface area contributed by atoms with Gasteiger partial charge in [-0.25, -0.2) is 9.79 Å². The van der Waals surface area contributed by atoms with Crippen molar-refractivity contribution in [2.24, 2.45) is 4.99 Å².